The number of aryl methyl sites for hydroxylation is 2. The lowest BCUT2D eigenvalue weighted by Crippen LogP contribution is -1.73. The van der Waals surface area contributed by atoms with E-state index in [9.17, 15) is 0 Å². The molecular weight excluding hydrogens is 412 g/mol. The number of nitrogens with zero attached hydrogens (tertiary/aromatic N) is 2. The molecular formula is C24H18N2S3. The van der Waals surface area contributed by atoms with Gasteiger partial charge in [-0.05, 0) is 62.4 Å². The average Bonchev–Trinajstić information content (AvgIpc) is 3.42. The molecule has 0 N–H and O–H groups in total. The van der Waals surface area contributed by atoms with E-state index in [1.54, 1.807) is 34.0 Å². The number of fused-ring (bicyclic) bond motifs is 3. The SMILES string of the molecule is Cc1ccc(C=Nc2ccc3c(c2)sc2cc(N=Cc4ccc(C)s4)ccc23)s1. The molecule has 3 aromatic heterocycles. The first-order valence-corrected chi connectivity index (χ1v) is 11.8. The van der Waals surface area contributed by atoms with Crippen molar-refractivity contribution in [3.05, 3.63) is 80.2 Å². The molecule has 2 aromatic carbocycles. The van der Waals surface area contributed by atoms with Crippen molar-refractivity contribution < 1.29 is 0 Å². The Kier molecular flexibility index (Phi) is 4.87. The second-order valence-corrected chi connectivity index (χ2v) is 10.6. The maximum atomic E-state index is 4.66. The van der Waals surface area contributed by atoms with Crippen LogP contribution >= 0.6 is 34.0 Å². The maximum Gasteiger partial charge on any atom is 0.0644 e. The van der Waals surface area contributed by atoms with Crippen LogP contribution in [0.15, 0.2) is 70.6 Å². The van der Waals surface area contributed by atoms with E-state index >= 15 is 0 Å². The van der Waals surface area contributed by atoms with E-state index in [4.69, 9.17) is 0 Å². The Morgan fingerprint density at radius 2 is 1.07 bits per heavy atom. The Hall–Kier alpha value is -2.60. The quantitative estimate of drug-likeness (QED) is 0.256. The molecule has 142 valence electrons. The lowest BCUT2D eigenvalue weighted by atomic mass is 10.1. The van der Waals surface area contributed by atoms with Gasteiger partial charge in [0.05, 0.1) is 11.4 Å². The van der Waals surface area contributed by atoms with E-state index in [1.807, 2.05) is 12.4 Å². The van der Waals surface area contributed by atoms with Gasteiger partial charge < -0.3 is 0 Å². The van der Waals surface area contributed by atoms with Gasteiger partial charge in [-0.3, -0.25) is 9.98 Å². The molecule has 0 aliphatic carbocycles. The van der Waals surface area contributed by atoms with Crippen LogP contribution in [0.3, 0.4) is 0 Å². The maximum absolute atomic E-state index is 4.66. The predicted molar refractivity (Wildman–Crippen MR) is 132 cm³/mol. The molecule has 0 saturated heterocycles. The van der Waals surface area contributed by atoms with Crippen molar-refractivity contribution in [2.24, 2.45) is 9.98 Å². The number of hydrogen-bond donors (Lipinski definition) is 0. The minimum Gasteiger partial charge on any atom is -0.255 e. The molecule has 0 atom stereocenters. The van der Waals surface area contributed by atoms with Gasteiger partial charge in [0, 0.05) is 52.1 Å². The topological polar surface area (TPSA) is 24.7 Å². The molecule has 0 radical (unpaired) electrons. The fourth-order valence-electron chi connectivity index (χ4n) is 3.24. The number of aliphatic imine (C=N–C) groups is 2. The van der Waals surface area contributed by atoms with Gasteiger partial charge in [-0.25, -0.2) is 0 Å². The van der Waals surface area contributed by atoms with Crippen LogP contribution in [0.25, 0.3) is 20.2 Å². The van der Waals surface area contributed by atoms with Crippen LogP contribution < -0.4 is 0 Å². The number of rotatable bonds is 4. The van der Waals surface area contributed by atoms with Crippen LogP contribution in [0.2, 0.25) is 0 Å². The first-order valence-electron chi connectivity index (χ1n) is 9.31. The molecule has 5 aromatic rings. The molecule has 5 rings (SSSR count). The second kappa shape index (κ2) is 7.67. The highest BCUT2D eigenvalue weighted by Gasteiger charge is 2.06. The van der Waals surface area contributed by atoms with Gasteiger partial charge in [0.25, 0.3) is 0 Å². The minimum atomic E-state index is 0.987. The Morgan fingerprint density at radius 3 is 1.48 bits per heavy atom. The summed E-state index contributed by atoms with van der Waals surface area (Å²) < 4.78 is 2.51. The number of hydrogen-bond acceptors (Lipinski definition) is 5. The molecule has 0 aliphatic rings. The molecule has 0 amide bonds. The van der Waals surface area contributed by atoms with Gasteiger partial charge in [-0.15, -0.1) is 34.0 Å². The second-order valence-electron chi connectivity index (χ2n) is 6.88. The highest BCUT2D eigenvalue weighted by atomic mass is 32.1. The third kappa shape index (κ3) is 3.94. The molecule has 2 nitrogen and oxygen atoms in total. The summed E-state index contributed by atoms with van der Waals surface area (Å²) in [5.74, 6) is 0. The smallest absolute Gasteiger partial charge is 0.0644 e. The highest BCUT2D eigenvalue weighted by molar-refractivity contribution is 7.25. The first-order chi connectivity index (χ1) is 14.1. The summed E-state index contributed by atoms with van der Waals surface area (Å²) in [5.41, 5.74) is 1.97. The van der Waals surface area contributed by atoms with Crippen LogP contribution in [0, 0.1) is 13.8 Å². The van der Waals surface area contributed by atoms with E-state index in [0.717, 1.165) is 11.4 Å². The zero-order valence-electron chi connectivity index (χ0n) is 16.0. The fraction of sp³-hybridized carbons (Fsp3) is 0.0833. The molecule has 0 spiro atoms. The third-order valence-electron chi connectivity index (χ3n) is 4.64. The lowest BCUT2D eigenvalue weighted by Gasteiger charge is -1.96. The molecule has 0 bridgehead atoms. The molecule has 3 heterocycles. The summed E-state index contributed by atoms with van der Waals surface area (Å²) >= 11 is 5.32. The van der Waals surface area contributed by atoms with Gasteiger partial charge in [0.2, 0.25) is 0 Å². The monoisotopic (exact) mass is 430 g/mol. The summed E-state index contributed by atoms with van der Waals surface area (Å²) in [6, 6.07) is 21.4. The standard InChI is InChI=1S/C24H18N2S3/c1-15-3-7-19(27-15)13-25-17-5-9-21-22-10-6-18(12-24(22)29-23(21)11-17)26-14-20-8-4-16(2)28-20/h3-14H,1-2H3. The van der Waals surface area contributed by atoms with Crippen molar-refractivity contribution in [2.45, 2.75) is 13.8 Å². The minimum absolute atomic E-state index is 0.987. The van der Waals surface area contributed by atoms with Crippen LogP contribution in [-0.2, 0) is 0 Å². The Balaban J connectivity index is 1.46. The van der Waals surface area contributed by atoms with Gasteiger partial charge in [0.15, 0.2) is 0 Å². The molecule has 0 unspecified atom stereocenters. The summed E-state index contributed by atoms with van der Waals surface area (Å²) in [6.45, 7) is 4.23. The van der Waals surface area contributed by atoms with Crippen molar-refractivity contribution in [1.82, 2.24) is 0 Å². The van der Waals surface area contributed by atoms with Crippen LogP contribution in [0.4, 0.5) is 11.4 Å². The van der Waals surface area contributed by atoms with E-state index < -0.39 is 0 Å². The third-order valence-corrected chi connectivity index (χ3v) is 7.63. The predicted octanol–water partition coefficient (Wildman–Crippen LogP) is 8.30. The summed E-state index contributed by atoms with van der Waals surface area (Å²) in [4.78, 5) is 14.3. The van der Waals surface area contributed by atoms with Gasteiger partial charge in [-0.1, -0.05) is 12.1 Å². The Bertz CT molecular complexity index is 1280. The lowest BCUT2D eigenvalue weighted by molar-refractivity contribution is 1.57. The molecule has 29 heavy (non-hydrogen) atoms. The molecule has 0 aliphatic heterocycles. The van der Waals surface area contributed by atoms with Crippen molar-refractivity contribution in [3.63, 3.8) is 0 Å². The van der Waals surface area contributed by atoms with E-state index in [-0.39, 0.29) is 0 Å². The average molecular weight is 431 g/mol. The van der Waals surface area contributed by atoms with E-state index in [0.29, 0.717) is 0 Å². The van der Waals surface area contributed by atoms with Crippen molar-refractivity contribution in [1.29, 1.82) is 0 Å². The van der Waals surface area contributed by atoms with Gasteiger partial charge >= 0.3 is 0 Å². The Labute approximate surface area is 181 Å². The van der Waals surface area contributed by atoms with Crippen molar-refractivity contribution >= 4 is 78.0 Å². The number of benzene rings is 2. The van der Waals surface area contributed by atoms with Crippen molar-refractivity contribution in [2.75, 3.05) is 0 Å². The summed E-state index contributed by atoms with van der Waals surface area (Å²) in [5, 5.41) is 2.56. The fourth-order valence-corrected chi connectivity index (χ4v) is 5.91. The van der Waals surface area contributed by atoms with Gasteiger partial charge in [0.1, 0.15) is 0 Å². The summed E-state index contributed by atoms with van der Waals surface area (Å²) in [7, 11) is 0. The zero-order chi connectivity index (χ0) is 19.8. The first kappa shape index (κ1) is 18.4. The van der Waals surface area contributed by atoms with Crippen LogP contribution in [0.5, 0.6) is 0 Å². The molecule has 0 saturated carbocycles. The van der Waals surface area contributed by atoms with Crippen LogP contribution in [0.1, 0.15) is 19.5 Å². The van der Waals surface area contributed by atoms with Gasteiger partial charge in [-0.2, -0.15) is 0 Å². The highest BCUT2D eigenvalue weighted by Crippen LogP contribution is 2.37. The summed E-state index contributed by atoms with van der Waals surface area (Å²) in [6.07, 6.45) is 3.90. The normalized spacial score (nSPS) is 12.2. The molecule has 0 fully saturated rings. The molecule has 5 heteroatoms. The zero-order valence-corrected chi connectivity index (χ0v) is 18.5. The van der Waals surface area contributed by atoms with Crippen LogP contribution in [-0.4, -0.2) is 12.4 Å². The number of thiophene rings is 3. The largest absolute Gasteiger partial charge is 0.255 e. The van der Waals surface area contributed by atoms with E-state index in [2.05, 4.69) is 84.5 Å². The Morgan fingerprint density at radius 1 is 0.586 bits per heavy atom. The van der Waals surface area contributed by atoms with Crippen molar-refractivity contribution in [3.8, 4) is 0 Å². The van der Waals surface area contributed by atoms with E-state index in [1.165, 1.54) is 39.7 Å².